The number of carboxylic acid groups (broad SMARTS) is 1. The van der Waals surface area contributed by atoms with Gasteiger partial charge in [0.15, 0.2) is 0 Å². The second-order valence-corrected chi connectivity index (χ2v) is 4.47. The molecule has 6 heteroatoms. The van der Waals surface area contributed by atoms with Gasteiger partial charge in [-0.05, 0) is 18.1 Å². The molecule has 0 radical (unpaired) electrons. The number of nitrogens with two attached hydrogens (primary N) is 1. The van der Waals surface area contributed by atoms with Crippen molar-refractivity contribution in [3.8, 4) is 0 Å². The van der Waals surface area contributed by atoms with Gasteiger partial charge in [0.1, 0.15) is 0 Å². The van der Waals surface area contributed by atoms with Crippen LogP contribution in [0.3, 0.4) is 0 Å². The third-order valence-electron chi connectivity index (χ3n) is 3.07. The highest BCUT2D eigenvalue weighted by atomic mass is 16.4. The molecule has 6 nitrogen and oxygen atoms in total. The fourth-order valence-corrected chi connectivity index (χ4v) is 1.52. The van der Waals surface area contributed by atoms with Gasteiger partial charge in [-0.2, -0.15) is 0 Å². The lowest BCUT2D eigenvalue weighted by Gasteiger charge is -2.17. The largest absolute Gasteiger partial charge is 0.478 e. The Labute approximate surface area is 112 Å². The van der Waals surface area contributed by atoms with Crippen LogP contribution < -0.4 is 11.1 Å². The summed E-state index contributed by atoms with van der Waals surface area (Å²) in [5.41, 5.74) is 6.42. The van der Waals surface area contributed by atoms with Crippen molar-refractivity contribution in [1.82, 2.24) is 10.3 Å². The van der Waals surface area contributed by atoms with Gasteiger partial charge < -0.3 is 16.2 Å². The molecule has 0 unspecified atom stereocenters. The van der Waals surface area contributed by atoms with Gasteiger partial charge in [0.05, 0.1) is 23.8 Å². The number of carbonyl (C=O) groups is 2. The Balaban J connectivity index is 2.59. The zero-order valence-corrected chi connectivity index (χ0v) is 11.1. The summed E-state index contributed by atoms with van der Waals surface area (Å²) in [6, 6.07) is 2.27. The van der Waals surface area contributed by atoms with Gasteiger partial charge in [-0.1, -0.05) is 20.3 Å². The van der Waals surface area contributed by atoms with Crippen molar-refractivity contribution in [1.29, 1.82) is 0 Å². The Kier molecular flexibility index (Phi) is 5.44. The molecule has 104 valence electrons. The predicted molar refractivity (Wildman–Crippen MR) is 70.5 cm³/mol. The number of carboxylic acids is 1. The molecule has 0 spiro atoms. The third-order valence-corrected chi connectivity index (χ3v) is 3.07. The maximum Gasteiger partial charge on any atom is 0.335 e. The Morgan fingerprint density at radius 1 is 1.53 bits per heavy atom. The van der Waals surface area contributed by atoms with E-state index in [4.69, 9.17) is 10.8 Å². The summed E-state index contributed by atoms with van der Waals surface area (Å²) in [6.07, 6.45) is 2.22. The van der Waals surface area contributed by atoms with Crippen LogP contribution >= 0.6 is 0 Å². The highest BCUT2D eigenvalue weighted by Crippen LogP contribution is 2.06. The molecule has 2 atom stereocenters. The van der Waals surface area contributed by atoms with Crippen molar-refractivity contribution >= 4 is 11.9 Å². The first kappa shape index (κ1) is 15.1. The molecule has 19 heavy (non-hydrogen) atoms. The smallest absolute Gasteiger partial charge is 0.335 e. The summed E-state index contributed by atoms with van der Waals surface area (Å²) in [6.45, 7) is 4.05. The van der Waals surface area contributed by atoms with Crippen molar-refractivity contribution in [3.05, 3.63) is 29.6 Å². The lowest BCUT2D eigenvalue weighted by molar-refractivity contribution is -0.123. The molecule has 0 fully saturated rings. The first-order chi connectivity index (χ1) is 8.95. The maximum atomic E-state index is 11.8. The molecule has 1 amide bonds. The Hall–Kier alpha value is -1.95. The molecule has 0 aliphatic heterocycles. The van der Waals surface area contributed by atoms with E-state index in [0.29, 0.717) is 5.69 Å². The van der Waals surface area contributed by atoms with Crippen molar-refractivity contribution in [2.75, 3.05) is 0 Å². The number of aromatic carboxylic acids is 1. The van der Waals surface area contributed by atoms with E-state index in [2.05, 4.69) is 10.3 Å². The summed E-state index contributed by atoms with van der Waals surface area (Å²) in [5, 5.41) is 11.5. The van der Waals surface area contributed by atoms with Crippen LogP contribution in [0.15, 0.2) is 18.3 Å². The second kappa shape index (κ2) is 6.84. The Morgan fingerprint density at radius 3 is 2.79 bits per heavy atom. The molecule has 4 N–H and O–H groups in total. The molecular formula is C13H19N3O3. The molecular weight excluding hydrogens is 246 g/mol. The van der Waals surface area contributed by atoms with E-state index in [-0.39, 0.29) is 23.9 Å². The standard InChI is InChI=1S/C13H19N3O3/c1-3-8(2)11(14)12(17)16-7-10-6-9(13(18)19)4-5-15-10/h4-6,8,11H,3,7,14H2,1-2H3,(H,16,17)(H,18,19)/t8-,11-/m0/s1. The SMILES string of the molecule is CC[C@H](C)[C@H](N)C(=O)NCc1cc(C(=O)O)ccn1. The van der Waals surface area contributed by atoms with E-state index in [0.717, 1.165) is 6.42 Å². The molecule has 0 aromatic carbocycles. The molecule has 0 aliphatic rings. The number of amides is 1. The van der Waals surface area contributed by atoms with E-state index in [1.165, 1.54) is 18.3 Å². The normalized spacial score (nSPS) is 13.6. The van der Waals surface area contributed by atoms with Crippen molar-refractivity contribution in [2.24, 2.45) is 11.7 Å². The number of hydrogen-bond donors (Lipinski definition) is 3. The predicted octanol–water partition coefficient (Wildman–Crippen LogP) is 0.769. The Bertz CT molecular complexity index is 462. The molecule has 1 rings (SSSR count). The minimum atomic E-state index is -1.02. The summed E-state index contributed by atoms with van der Waals surface area (Å²) in [4.78, 5) is 26.5. The molecule has 1 aromatic heterocycles. The molecule has 0 saturated heterocycles. The van der Waals surface area contributed by atoms with Crippen LogP contribution in [0.5, 0.6) is 0 Å². The highest BCUT2D eigenvalue weighted by molar-refractivity contribution is 5.87. The second-order valence-electron chi connectivity index (χ2n) is 4.47. The van der Waals surface area contributed by atoms with E-state index < -0.39 is 12.0 Å². The maximum absolute atomic E-state index is 11.8. The summed E-state index contributed by atoms with van der Waals surface area (Å²) in [7, 11) is 0. The molecule has 0 bridgehead atoms. The number of nitrogens with one attached hydrogen (secondary N) is 1. The van der Waals surface area contributed by atoms with E-state index >= 15 is 0 Å². The van der Waals surface area contributed by atoms with Gasteiger partial charge in [0.25, 0.3) is 0 Å². The minimum Gasteiger partial charge on any atom is -0.478 e. The van der Waals surface area contributed by atoms with Crippen LogP contribution in [0.1, 0.15) is 36.3 Å². The van der Waals surface area contributed by atoms with Gasteiger partial charge >= 0.3 is 5.97 Å². The molecule has 1 heterocycles. The van der Waals surface area contributed by atoms with Crippen LogP contribution in [-0.4, -0.2) is 28.0 Å². The summed E-state index contributed by atoms with van der Waals surface area (Å²) in [5.74, 6) is -1.18. The molecule has 0 saturated carbocycles. The average Bonchev–Trinajstić information content (AvgIpc) is 2.43. The number of aromatic nitrogens is 1. The van der Waals surface area contributed by atoms with Crippen molar-refractivity contribution < 1.29 is 14.7 Å². The van der Waals surface area contributed by atoms with Gasteiger partial charge in [0.2, 0.25) is 5.91 Å². The Morgan fingerprint density at radius 2 is 2.21 bits per heavy atom. The topological polar surface area (TPSA) is 105 Å². The van der Waals surface area contributed by atoms with Gasteiger partial charge in [-0.3, -0.25) is 9.78 Å². The van der Waals surface area contributed by atoms with Gasteiger partial charge in [-0.25, -0.2) is 4.79 Å². The fraction of sp³-hybridized carbons (Fsp3) is 0.462. The molecule has 1 aromatic rings. The van der Waals surface area contributed by atoms with Crippen LogP contribution in [-0.2, 0) is 11.3 Å². The van der Waals surface area contributed by atoms with Crippen molar-refractivity contribution in [3.63, 3.8) is 0 Å². The van der Waals surface area contributed by atoms with Gasteiger partial charge in [0, 0.05) is 6.20 Å². The van der Waals surface area contributed by atoms with Crippen molar-refractivity contribution in [2.45, 2.75) is 32.9 Å². The first-order valence-corrected chi connectivity index (χ1v) is 6.17. The highest BCUT2D eigenvalue weighted by Gasteiger charge is 2.19. The lowest BCUT2D eigenvalue weighted by atomic mass is 9.99. The van der Waals surface area contributed by atoms with Crippen LogP contribution in [0.2, 0.25) is 0 Å². The zero-order valence-electron chi connectivity index (χ0n) is 11.1. The monoisotopic (exact) mass is 265 g/mol. The van der Waals surface area contributed by atoms with Crippen LogP contribution in [0.4, 0.5) is 0 Å². The lowest BCUT2D eigenvalue weighted by Crippen LogP contribution is -2.44. The number of carbonyl (C=O) groups excluding carboxylic acids is 1. The number of rotatable bonds is 6. The van der Waals surface area contributed by atoms with Gasteiger partial charge in [-0.15, -0.1) is 0 Å². The quantitative estimate of drug-likeness (QED) is 0.704. The third kappa shape index (κ3) is 4.33. The fourth-order valence-electron chi connectivity index (χ4n) is 1.52. The number of hydrogen-bond acceptors (Lipinski definition) is 4. The summed E-state index contributed by atoms with van der Waals surface area (Å²) >= 11 is 0. The average molecular weight is 265 g/mol. The van der Waals surface area contributed by atoms with Crippen LogP contribution in [0.25, 0.3) is 0 Å². The number of pyridine rings is 1. The van der Waals surface area contributed by atoms with E-state index in [1.807, 2.05) is 13.8 Å². The zero-order chi connectivity index (χ0) is 14.4. The number of nitrogens with zero attached hydrogens (tertiary/aromatic N) is 1. The molecule has 0 aliphatic carbocycles. The first-order valence-electron chi connectivity index (χ1n) is 6.17. The minimum absolute atomic E-state index is 0.0957. The summed E-state index contributed by atoms with van der Waals surface area (Å²) < 4.78 is 0. The van der Waals surface area contributed by atoms with E-state index in [1.54, 1.807) is 0 Å². The van der Waals surface area contributed by atoms with Crippen LogP contribution in [0, 0.1) is 5.92 Å². The van der Waals surface area contributed by atoms with E-state index in [9.17, 15) is 9.59 Å².